The van der Waals surface area contributed by atoms with Crippen molar-refractivity contribution in [1.29, 1.82) is 0 Å². The van der Waals surface area contributed by atoms with Crippen LogP contribution in [0.15, 0.2) is 4.99 Å². The van der Waals surface area contributed by atoms with Gasteiger partial charge in [0.05, 0.1) is 6.54 Å². The van der Waals surface area contributed by atoms with Gasteiger partial charge in [-0.05, 0) is 36.1 Å². The summed E-state index contributed by atoms with van der Waals surface area (Å²) >= 11 is 0. The minimum Gasteiger partial charge on any atom is -0.238 e. The van der Waals surface area contributed by atoms with Crippen LogP contribution in [0, 0.1) is 5.92 Å². The molecule has 0 amide bonds. The molecule has 0 rings (SSSR count). The predicted octanol–water partition coefficient (Wildman–Crippen LogP) is 2.41. The number of rotatable bonds is 2. The van der Waals surface area contributed by atoms with Gasteiger partial charge < -0.3 is 0 Å². The number of hydrogen-bond donors (Lipinski definition) is 0. The van der Waals surface area contributed by atoms with E-state index in [9.17, 15) is 0 Å². The van der Waals surface area contributed by atoms with E-state index < -0.39 is 8.75 Å². The Morgan fingerprint density at radius 1 is 1.18 bits per heavy atom. The van der Waals surface area contributed by atoms with E-state index in [2.05, 4.69) is 49.0 Å². The highest BCUT2D eigenvalue weighted by Crippen LogP contribution is 2.40. The van der Waals surface area contributed by atoms with Crippen LogP contribution in [0.25, 0.3) is 0 Å². The fourth-order valence-corrected chi connectivity index (χ4v) is 1.07. The van der Waals surface area contributed by atoms with Gasteiger partial charge in [0, 0.05) is 0 Å². The van der Waals surface area contributed by atoms with E-state index in [1.165, 1.54) is 0 Å². The number of aliphatic imine (C=N–C) groups is 1. The third-order valence-corrected chi connectivity index (χ3v) is 1.75. The molecule has 0 saturated heterocycles. The molecule has 0 heterocycles. The molecule has 68 valence electrons. The van der Waals surface area contributed by atoms with Gasteiger partial charge >= 0.3 is 0 Å². The maximum atomic E-state index is 4.31. The van der Waals surface area contributed by atoms with Crippen molar-refractivity contribution in [2.75, 3.05) is 31.6 Å². The topological polar surface area (TPSA) is 12.4 Å². The van der Waals surface area contributed by atoms with Crippen molar-refractivity contribution in [1.82, 2.24) is 0 Å². The van der Waals surface area contributed by atoms with Gasteiger partial charge in [-0.1, -0.05) is 13.8 Å². The van der Waals surface area contributed by atoms with Gasteiger partial charge in [-0.3, -0.25) is 0 Å². The first-order valence-corrected chi connectivity index (χ1v) is 7.61. The first-order valence-electron chi connectivity index (χ1n) is 3.94. The maximum absolute atomic E-state index is 4.31. The van der Waals surface area contributed by atoms with Crippen LogP contribution in [0.1, 0.15) is 13.8 Å². The average Bonchev–Trinajstić information content (AvgIpc) is 1.56. The molecule has 0 radical (unpaired) electrons. The van der Waals surface area contributed by atoms with E-state index in [1.54, 1.807) is 0 Å². The minimum atomic E-state index is -1.37. The molecule has 0 atom stereocenters. The standard InChI is InChI=1S/C9H21NS/c1-9(2)7-10-8-11(3,4,5)6/h9H,7H2,1-6H3. The largest absolute Gasteiger partial charge is 0.238 e. The first kappa shape index (κ1) is 10.9. The fraction of sp³-hybridized carbons (Fsp3) is 0.889. The molecule has 0 aromatic heterocycles. The quantitative estimate of drug-likeness (QED) is 0.451. The summed E-state index contributed by atoms with van der Waals surface area (Å²) < 4.78 is 0. The summed E-state index contributed by atoms with van der Waals surface area (Å²) in [5, 5.41) is 3.26. The molecule has 0 aromatic rings. The van der Waals surface area contributed by atoms with Gasteiger partial charge in [0.2, 0.25) is 0 Å². The van der Waals surface area contributed by atoms with Crippen molar-refractivity contribution in [3.63, 3.8) is 0 Å². The van der Waals surface area contributed by atoms with Crippen molar-refractivity contribution >= 4 is 13.9 Å². The van der Waals surface area contributed by atoms with Gasteiger partial charge in [-0.25, -0.2) is 13.7 Å². The van der Waals surface area contributed by atoms with Crippen LogP contribution in [0.5, 0.6) is 0 Å². The lowest BCUT2D eigenvalue weighted by molar-refractivity contribution is 0.668. The summed E-state index contributed by atoms with van der Waals surface area (Å²) in [5.41, 5.74) is 0. The number of hydrogen-bond acceptors (Lipinski definition) is 1. The van der Waals surface area contributed by atoms with Crippen LogP contribution in [-0.2, 0) is 0 Å². The lowest BCUT2D eigenvalue weighted by Gasteiger charge is -2.26. The lowest BCUT2D eigenvalue weighted by Crippen LogP contribution is -1.99. The van der Waals surface area contributed by atoms with Gasteiger partial charge in [-0.15, -0.1) is 0 Å². The summed E-state index contributed by atoms with van der Waals surface area (Å²) in [6, 6.07) is 0. The Morgan fingerprint density at radius 3 is 1.91 bits per heavy atom. The molecular weight excluding hydrogens is 154 g/mol. The summed E-state index contributed by atoms with van der Waals surface area (Å²) in [6.45, 7) is 5.26. The summed E-state index contributed by atoms with van der Waals surface area (Å²) in [4.78, 5) is 4.31. The minimum absolute atomic E-state index is 0.650. The van der Waals surface area contributed by atoms with E-state index in [-0.39, 0.29) is 0 Å². The molecule has 0 fully saturated rings. The Kier molecular flexibility index (Phi) is 3.10. The Morgan fingerprint density at radius 2 is 1.64 bits per heavy atom. The average molecular weight is 175 g/mol. The molecule has 1 nitrogen and oxygen atoms in total. The highest BCUT2D eigenvalue weighted by atomic mass is 32.3. The van der Waals surface area contributed by atoms with Crippen LogP contribution < -0.4 is 0 Å². The summed E-state index contributed by atoms with van der Waals surface area (Å²) in [5.74, 6) is 0.650. The SMILES string of the molecule is CC(C)CN=C=S(C)(C)(C)C. The van der Waals surface area contributed by atoms with Gasteiger partial charge in [0.15, 0.2) is 0 Å². The van der Waals surface area contributed by atoms with Crippen LogP contribution in [0.4, 0.5) is 0 Å². The monoisotopic (exact) mass is 175 g/mol. The van der Waals surface area contributed by atoms with E-state index in [1.807, 2.05) is 0 Å². The molecule has 0 aliphatic rings. The third kappa shape index (κ3) is 9.93. The zero-order valence-electron chi connectivity index (χ0n) is 8.64. The second-order valence-electron chi connectivity index (χ2n) is 5.09. The molecule has 0 aliphatic carbocycles. The van der Waals surface area contributed by atoms with Crippen molar-refractivity contribution in [2.24, 2.45) is 10.9 Å². The number of nitrogens with zero attached hydrogens (tertiary/aromatic N) is 1. The molecule has 0 aromatic carbocycles. The predicted molar refractivity (Wildman–Crippen MR) is 58.4 cm³/mol. The fourth-order valence-electron chi connectivity index (χ4n) is 0.478. The Balaban J connectivity index is 4.44. The Bertz CT molecular complexity index is 202. The molecule has 0 N–H and O–H groups in total. The van der Waals surface area contributed by atoms with E-state index in [0.717, 1.165) is 6.54 Å². The first-order chi connectivity index (χ1) is 4.67. The summed E-state index contributed by atoms with van der Waals surface area (Å²) in [7, 11) is -1.37. The molecule has 0 saturated carbocycles. The van der Waals surface area contributed by atoms with Crippen LogP contribution >= 0.6 is 8.75 Å². The Labute approximate surface area is 70.8 Å². The summed E-state index contributed by atoms with van der Waals surface area (Å²) in [6.07, 6.45) is 8.95. The highest BCUT2D eigenvalue weighted by molar-refractivity contribution is 8.44. The molecule has 11 heavy (non-hydrogen) atoms. The van der Waals surface area contributed by atoms with Crippen LogP contribution in [0.2, 0.25) is 0 Å². The van der Waals surface area contributed by atoms with Gasteiger partial charge in [0.1, 0.15) is 0 Å². The van der Waals surface area contributed by atoms with Crippen molar-refractivity contribution < 1.29 is 0 Å². The number of isothiocyanates is 1. The van der Waals surface area contributed by atoms with E-state index in [4.69, 9.17) is 0 Å². The highest BCUT2D eigenvalue weighted by Gasteiger charge is 2.04. The van der Waals surface area contributed by atoms with Gasteiger partial charge in [0.25, 0.3) is 0 Å². The zero-order chi connectivity index (χ0) is 9.15. The van der Waals surface area contributed by atoms with Crippen LogP contribution in [0.3, 0.4) is 0 Å². The second-order valence-corrected chi connectivity index (χ2v) is 11.8. The van der Waals surface area contributed by atoms with Crippen molar-refractivity contribution in [3.8, 4) is 0 Å². The van der Waals surface area contributed by atoms with E-state index >= 15 is 0 Å². The smallest absolute Gasteiger partial charge is 0.0511 e. The van der Waals surface area contributed by atoms with Crippen LogP contribution in [-0.4, -0.2) is 36.7 Å². The zero-order valence-corrected chi connectivity index (χ0v) is 9.46. The van der Waals surface area contributed by atoms with Crippen molar-refractivity contribution in [2.45, 2.75) is 13.8 Å². The van der Waals surface area contributed by atoms with Crippen molar-refractivity contribution in [3.05, 3.63) is 0 Å². The molecule has 0 spiro atoms. The van der Waals surface area contributed by atoms with E-state index in [0.29, 0.717) is 5.92 Å². The maximum Gasteiger partial charge on any atom is 0.0511 e. The van der Waals surface area contributed by atoms with Gasteiger partial charge in [-0.2, -0.15) is 0 Å². The normalized spacial score (nSPS) is 15.4. The second kappa shape index (κ2) is 3.12. The molecule has 0 unspecified atom stereocenters. The third-order valence-electron chi connectivity index (χ3n) is 0.886. The molecule has 2 heteroatoms. The molecular formula is C9H21NS. The Hall–Kier alpha value is -0.0700. The molecule has 0 bridgehead atoms. The lowest BCUT2D eigenvalue weighted by atomic mass is 10.2. The molecule has 0 aliphatic heterocycles.